The van der Waals surface area contributed by atoms with E-state index in [0.29, 0.717) is 31.3 Å². The van der Waals surface area contributed by atoms with E-state index in [9.17, 15) is 9.59 Å². The van der Waals surface area contributed by atoms with Gasteiger partial charge in [0.1, 0.15) is 0 Å². The summed E-state index contributed by atoms with van der Waals surface area (Å²) in [6.07, 6.45) is 3.36. The summed E-state index contributed by atoms with van der Waals surface area (Å²) in [7, 11) is 0. The summed E-state index contributed by atoms with van der Waals surface area (Å²) in [5.74, 6) is 0.460. The van der Waals surface area contributed by atoms with Crippen LogP contribution in [0.4, 0.5) is 26.7 Å². The van der Waals surface area contributed by atoms with Crippen LogP contribution in [0.1, 0.15) is 23.7 Å². The van der Waals surface area contributed by atoms with Crippen LogP contribution < -0.4 is 10.2 Å². The van der Waals surface area contributed by atoms with Crippen LogP contribution in [-0.4, -0.2) is 66.2 Å². The molecule has 0 saturated carbocycles. The van der Waals surface area contributed by atoms with E-state index in [0.717, 1.165) is 49.5 Å². The van der Waals surface area contributed by atoms with Gasteiger partial charge in [0.15, 0.2) is 0 Å². The third-order valence-corrected chi connectivity index (χ3v) is 7.29. The van der Waals surface area contributed by atoms with Gasteiger partial charge in [-0.15, -0.1) is 0 Å². The van der Waals surface area contributed by atoms with E-state index in [1.807, 2.05) is 68.4 Å². The number of rotatable bonds is 6. The predicted octanol–water partition coefficient (Wildman–Crippen LogP) is 5.25. The topological polar surface area (TPSA) is 78.0 Å². The second-order valence-electron chi connectivity index (χ2n) is 9.97. The number of ether oxygens (including phenoxy) is 1. The maximum Gasteiger partial charge on any atom is 0.409 e. The lowest BCUT2D eigenvalue weighted by Gasteiger charge is -2.35. The summed E-state index contributed by atoms with van der Waals surface area (Å²) < 4.78 is 5.15. The minimum Gasteiger partial charge on any atom is -0.450 e. The lowest BCUT2D eigenvalue weighted by Crippen LogP contribution is -2.50. The first kappa shape index (κ1) is 25.7. The number of carbonyl (C=O) groups is 2. The number of para-hydroxylation sites is 1. The van der Waals surface area contributed by atoms with E-state index in [1.54, 1.807) is 16.0 Å². The third-order valence-electron chi connectivity index (χ3n) is 7.29. The van der Waals surface area contributed by atoms with Crippen LogP contribution in [0.25, 0.3) is 0 Å². The number of hydrogen-bond donors (Lipinski definition) is 1. The van der Waals surface area contributed by atoms with E-state index in [1.165, 1.54) is 11.1 Å². The monoisotopic (exact) mass is 513 g/mol. The van der Waals surface area contributed by atoms with Gasteiger partial charge in [0, 0.05) is 38.4 Å². The number of hydrogen-bond acceptors (Lipinski definition) is 5. The van der Waals surface area contributed by atoms with Gasteiger partial charge in [-0.25, -0.2) is 9.59 Å². The molecule has 2 aliphatic rings. The zero-order valence-electron chi connectivity index (χ0n) is 22.1. The van der Waals surface area contributed by atoms with E-state index < -0.39 is 0 Å². The van der Waals surface area contributed by atoms with Gasteiger partial charge in [-0.3, -0.25) is 14.8 Å². The van der Waals surface area contributed by atoms with Crippen molar-refractivity contribution in [3.63, 3.8) is 0 Å². The van der Waals surface area contributed by atoms with Crippen LogP contribution in [0.15, 0.2) is 66.9 Å². The summed E-state index contributed by atoms with van der Waals surface area (Å²) in [6.45, 7) is 8.22. The van der Waals surface area contributed by atoms with Crippen molar-refractivity contribution in [2.75, 3.05) is 49.5 Å². The first-order chi connectivity index (χ1) is 18.5. The molecule has 1 unspecified atom stereocenters. The molecule has 1 aliphatic carbocycles. The van der Waals surface area contributed by atoms with Crippen molar-refractivity contribution in [1.82, 2.24) is 14.8 Å². The summed E-state index contributed by atoms with van der Waals surface area (Å²) in [5, 5.41) is 3.03. The molecule has 1 aliphatic heterocycles. The number of nitrogens with one attached hydrogen (secondary N) is 1. The predicted molar refractivity (Wildman–Crippen MR) is 149 cm³/mol. The number of benzene rings is 2. The SMILES string of the molecule is CCOC(=O)N1CCN(CC2Cc3cccc(N(C(=O)Nc4ccc(C)nc4)c4ccccc4)c3C2)CC1. The van der Waals surface area contributed by atoms with Gasteiger partial charge in [-0.2, -0.15) is 0 Å². The van der Waals surface area contributed by atoms with E-state index in [-0.39, 0.29) is 12.1 Å². The number of nitrogens with zero attached hydrogens (tertiary/aromatic N) is 4. The van der Waals surface area contributed by atoms with Gasteiger partial charge >= 0.3 is 12.1 Å². The van der Waals surface area contributed by atoms with Crippen molar-refractivity contribution in [2.24, 2.45) is 5.92 Å². The molecule has 0 spiro atoms. The zero-order valence-corrected chi connectivity index (χ0v) is 22.1. The first-order valence-corrected chi connectivity index (χ1v) is 13.4. The number of aromatic nitrogens is 1. The van der Waals surface area contributed by atoms with Crippen molar-refractivity contribution in [3.8, 4) is 0 Å². The summed E-state index contributed by atoms with van der Waals surface area (Å²) in [5.41, 5.74) is 5.82. The second-order valence-corrected chi connectivity index (χ2v) is 9.97. The van der Waals surface area contributed by atoms with Crippen LogP contribution in [0.5, 0.6) is 0 Å². The van der Waals surface area contributed by atoms with E-state index in [4.69, 9.17) is 4.74 Å². The molecule has 2 heterocycles. The number of aryl methyl sites for hydroxylation is 1. The Kier molecular flexibility index (Phi) is 7.89. The van der Waals surface area contributed by atoms with Crippen molar-refractivity contribution >= 4 is 29.2 Å². The number of urea groups is 1. The standard InChI is InChI=1S/C30H35N5O3/c1-3-38-30(37)34-16-14-33(15-17-34)21-23-18-24-8-7-11-28(27(24)19-23)35(26-9-5-4-6-10-26)29(36)32-25-13-12-22(2)31-20-25/h4-13,20,23H,3,14-19,21H2,1-2H3,(H,32,36). The van der Waals surface area contributed by atoms with Crippen LogP contribution >= 0.6 is 0 Å². The molecule has 8 heteroatoms. The Balaban J connectivity index is 1.32. The minimum atomic E-state index is -0.217. The number of anilines is 3. The molecule has 1 N–H and O–H groups in total. The lowest BCUT2D eigenvalue weighted by molar-refractivity contribution is 0.0756. The maximum atomic E-state index is 13.7. The van der Waals surface area contributed by atoms with Crippen molar-refractivity contribution in [1.29, 1.82) is 0 Å². The maximum absolute atomic E-state index is 13.7. The average Bonchev–Trinajstić information content (AvgIpc) is 3.34. The number of pyridine rings is 1. The Morgan fingerprint density at radius 2 is 1.79 bits per heavy atom. The highest BCUT2D eigenvalue weighted by atomic mass is 16.6. The fourth-order valence-electron chi connectivity index (χ4n) is 5.42. The number of carbonyl (C=O) groups excluding carboxylic acids is 2. The fourth-order valence-corrected chi connectivity index (χ4v) is 5.42. The van der Waals surface area contributed by atoms with Gasteiger partial charge in [0.25, 0.3) is 0 Å². The molecule has 3 aromatic rings. The molecule has 1 fully saturated rings. The highest BCUT2D eigenvalue weighted by Crippen LogP contribution is 2.38. The van der Waals surface area contributed by atoms with Crippen LogP contribution in [-0.2, 0) is 17.6 Å². The molecule has 3 amide bonds. The Hall–Kier alpha value is -3.91. The molecule has 1 aromatic heterocycles. The molecule has 1 atom stereocenters. The molecular weight excluding hydrogens is 478 g/mol. The molecule has 5 rings (SSSR count). The summed E-state index contributed by atoms with van der Waals surface area (Å²) in [6, 6.07) is 19.6. The smallest absolute Gasteiger partial charge is 0.409 e. The molecule has 198 valence electrons. The van der Waals surface area contributed by atoms with Gasteiger partial charge in [-0.1, -0.05) is 30.3 Å². The summed E-state index contributed by atoms with van der Waals surface area (Å²) in [4.78, 5) is 36.0. The quantitative estimate of drug-likeness (QED) is 0.487. The van der Waals surface area contributed by atoms with E-state index >= 15 is 0 Å². The molecule has 8 nitrogen and oxygen atoms in total. The van der Waals surface area contributed by atoms with Crippen LogP contribution in [0.2, 0.25) is 0 Å². The largest absolute Gasteiger partial charge is 0.450 e. The normalized spacial score (nSPS) is 17.1. The Labute approximate surface area is 224 Å². The molecular formula is C30H35N5O3. The highest BCUT2D eigenvalue weighted by Gasteiger charge is 2.31. The zero-order chi connectivity index (χ0) is 26.5. The third kappa shape index (κ3) is 5.81. The number of amides is 3. The molecule has 1 saturated heterocycles. The lowest BCUT2D eigenvalue weighted by atomic mass is 10.0. The van der Waals surface area contributed by atoms with Gasteiger partial charge in [-0.05, 0) is 74.1 Å². The minimum absolute atomic E-state index is 0.214. The van der Waals surface area contributed by atoms with Crippen LogP contribution in [0.3, 0.4) is 0 Å². The van der Waals surface area contributed by atoms with Crippen molar-refractivity contribution in [2.45, 2.75) is 26.7 Å². The molecule has 0 bridgehead atoms. The van der Waals surface area contributed by atoms with Crippen molar-refractivity contribution < 1.29 is 14.3 Å². The Morgan fingerprint density at radius 3 is 2.50 bits per heavy atom. The first-order valence-electron chi connectivity index (χ1n) is 13.4. The van der Waals surface area contributed by atoms with Gasteiger partial charge < -0.3 is 15.0 Å². The van der Waals surface area contributed by atoms with Gasteiger partial charge in [0.2, 0.25) is 0 Å². The highest BCUT2D eigenvalue weighted by molar-refractivity contribution is 6.07. The average molecular weight is 514 g/mol. The Bertz CT molecular complexity index is 1260. The molecule has 2 aromatic carbocycles. The summed E-state index contributed by atoms with van der Waals surface area (Å²) >= 11 is 0. The van der Waals surface area contributed by atoms with Crippen molar-refractivity contribution in [3.05, 3.63) is 83.7 Å². The second kappa shape index (κ2) is 11.6. The van der Waals surface area contributed by atoms with Gasteiger partial charge in [0.05, 0.1) is 29.9 Å². The van der Waals surface area contributed by atoms with Crippen LogP contribution in [0, 0.1) is 12.8 Å². The molecule has 38 heavy (non-hydrogen) atoms. The number of piperazine rings is 1. The van der Waals surface area contributed by atoms with E-state index in [2.05, 4.69) is 21.3 Å². The molecule has 0 radical (unpaired) electrons. The Morgan fingerprint density at radius 1 is 1.00 bits per heavy atom. The fraction of sp³-hybridized carbons (Fsp3) is 0.367. The number of fused-ring (bicyclic) bond motifs is 1.